The Labute approximate surface area is 143 Å². The molecule has 0 saturated carbocycles. The molecule has 24 heavy (non-hydrogen) atoms. The molecule has 4 heteroatoms. The maximum Gasteiger partial charge on any atom is 0.236 e. The fraction of sp³-hybridized carbons (Fsp3) is 0.300. The van der Waals surface area contributed by atoms with Crippen molar-refractivity contribution in [3.8, 4) is 0 Å². The second-order valence-electron chi connectivity index (χ2n) is 6.07. The van der Waals surface area contributed by atoms with Crippen LogP contribution in [0.25, 0.3) is 0 Å². The van der Waals surface area contributed by atoms with Gasteiger partial charge in [0.1, 0.15) is 6.42 Å². The minimum Gasteiger partial charge on any atom is -0.336 e. The van der Waals surface area contributed by atoms with Gasteiger partial charge in [0.05, 0.1) is 0 Å². The van der Waals surface area contributed by atoms with Crippen molar-refractivity contribution in [2.24, 2.45) is 0 Å². The third-order valence-electron chi connectivity index (χ3n) is 3.96. The van der Waals surface area contributed by atoms with Crippen molar-refractivity contribution in [3.05, 3.63) is 66.2 Å². The first kappa shape index (κ1) is 17.7. The van der Waals surface area contributed by atoms with Crippen molar-refractivity contribution >= 4 is 17.5 Å². The van der Waals surface area contributed by atoms with E-state index in [2.05, 4.69) is 0 Å². The van der Waals surface area contributed by atoms with E-state index in [4.69, 9.17) is 0 Å². The van der Waals surface area contributed by atoms with Crippen LogP contribution in [0, 0.1) is 0 Å². The largest absolute Gasteiger partial charge is 0.336 e. The summed E-state index contributed by atoms with van der Waals surface area (Å²) in [5.74, 6) is -0.355. The smallest absolute Gasteiger partial charge is 0.236 e. The molecule has 126 valence electrons. The van der Waals surface area contributed by atoms with Crippen LogP contribution in [0.5, 0.6) is 0 Å². The van der Waals surface area contributed by atoms with Gasteiger partial charge in [-0.3, -0.25) is 9.59 Å². The average molecular weight is 324 g/mol. The molecule has 0 bridgehead atoms. The molecular weight excluding hydrogens is 300 g/mol. The predicted molar refractivity (Wildman–Crippen MR) is 96.6 cm³/mol. The van der Waals surface area contributed by atoms with Crippen LogP contribution in [0.4, 0.5) is 5.69 Å². The Morgan fingerprint density at radius 3 is 1.96 bits per heavy atom. The van der Waals surface area contributed by atoms with Crippen LogP contribution >= 0.6 is 0 Å². The van der Waals surface area contributed by atoms with E-state index in [1.807, 2.05) is 74.5 Å². The lowest BCUT2D eigenvalue weighted by Crippen LogP contribution is -2.40. The summed E-state index contributed by atoms with van der Waals surface area (Å²) >= 11 is 0. The molecule has 0 radical (unpaired) electrons. The van der Waals surface area contributed by atoms with Gasteiger partial charge in [-0.25, -0.2) is 0 Å². The van der Waals surface area contributed by atoms with Gasteiger partial charge < -0.3 is 9.80 Å². The molecule has 2 aromatic rings. The van der Waals surface area contributed by atoms with Crippen LogP contribution in [0.2, 0.25) is 0 Å². The fourth-order valence-electron chi connectivity index (χ4n) is 2.48. The zero-order valence-corrected chi connectivity index (χ0v) is 14.5. The lowest BCUT2D eigenvalue weighted by molar-refractivity contribution is -0.137. The van der Waals surface area contributed by atoms with Crippen molar-refractivity contribution in [2.45, 2.75) is 32.9 Å². The van der Waals surface area contributed by atoms with Crippen LogP contribution < -0.4 is 4.90 Å². The lowest BCUT2D eigenvalue weighted by atomic mass is 10.1. The van der Waals surface area contributed by atoms with E-state index in [9.17, 15) is 9.59 Å². The number of nitrogens with zero attached hydrogens (tertiary/aromatic N) is 2. The Morgan fingerprint density at radius 2 is 1.42 bits per heavy atom. The van der Waals surface area contributed by atoms with E-state index in [0.29, 0.717) is 6.54 Å². The summed E-state index contributed by atoms with van der Waals surface area (Å²) in [5, 5.41) is 0. The van der Waals surface area contributed by atoms with Gasteiger partial charge in [-0.05, 0) is 31.5 Å². The summed E-state index contributed by atoms with van der Waals surface area (Å²) in [4.78, 5) is 28.3. The third-order valence-corrected chi connectivity index (χ3v) is 3.96. The van der Waals surface area contributed by atoms with Gasteiger partial charge >= 0.3 is 0 Å². The normalized spacial score (nSPS) is 10.5. The first-order valence-electron chi connectivity index (χ1n) is 8.14. The summed E-state index contributed by atoms with van der Waals surface area (Å²) < 4.78 is 0. The monoisotopic (exact) mass is 324 g/mol. The molecule has 0 unspecified atom stereocenters. The Hall–Kier alpha value is -2.62. The van der Waals surface area contributed by atoms with Crippen LogP contribution in [-0.4, -0.2) is 29.8 Å². The molecule has 0 aliphatic heterocycles. The maximum atomic E-state index is 12.6. The first-order chi connectivity index (χ1) is 11.5. The molecule has 2 aromatic carbocycles. The number of carbonyl (C=O) groups is 2. The van der Waals surface area contributed by atoms with Crippen LogP contribution in [0.3, 0.4) is 0 Å². The van der Waals surface area contributed by atoms with Gasteiger partial charge in [-0.15, -0.1) is 0 Å². The maximum absolute atomic E-state index is 12.6. The summed E-state index contributed by atoms with van der Waals surface area (Å²) in [6, 6.07) is 19.2. The molecular formula is C20H24N2O2. The second kappa shape index (κ2) is 8.29. The van der Waals surface area contributed by atoms with E-state index in [1.165, 1.54) is 4.90 Å². The quantitative estimate of drug-likeness (QED) is 0.763. The van der Waals surface area contributed by atoms with E-state index < -0.39 is 0 Å². The predicted octanol–water partition coefficient (Wildman–Crippen LogP) is 3.48. The number of amides is 2. The van der Waals surface area contributed by atoms with E-state index in [1.54, 1.807) is 11.9 Å². The van der Waals surface area contributed by atoms with Gasteiger partial charge in [-0.1, -0.05) is 48.5 Å². The Morgan fingerprint density at radius 1 is 0.875 bits per heavy atom. The average Bonchev–Trinajstić information content (AvgIpc) is 2.60. The molecule has 4 nitrogen and oxygen atoms in total. The van der Waals surface area contributed by atoms with Crippen molar-refractivity contribution in [3.63, 3.8) is 0 Å². The number of hydrogen-bond donors (Lipinski definition) is 0. The first-order valence-corrected chi connectivity index (χ1v) is 8.14. The number of carbonyl (C=O) groups excluding carboxylic acids is 2. The molecule has 0 atom stereocenters. The van der Waals surface area contributed by atoms with Crippen molar-refractivity contribution in [2.75, 3.05) is 11.9 Å². The highest BCUT2D eigenvalue weighted by Crippen LogP contribution is 2.14. The molecule has 0 fully saturated rings. The number of benzene rings is 2. The van der Waals surface area contributed by atoms with Gasteiger partial charge in [0, 0.05) is 25.3 Å². The fourth-order valence-corrected chi connectivity index (χ4v) is 2.48. The summed E-state index contributed by atoms with van der Waals surface area (Å²) in [6.45, 7) is 4.44. The number of anilines is 1. The number of hydrogen-bond acceptors (Lipinski definition) is 2. The zero-order valence-electron chi connectivity index (χ0n) is 14.5. The van der Waals surface area contributed by atoms with Crippen LogP contribution in [-0.2, 0) is 16.1 Å². The highest BCUT2D eigenvalue weighted by molar-refractivity contribution is 6.04. The highest BCUT2D eigenvalue weighted by atomic mass is 16.2. The summed E-state index contributed by atoms with van der Waals surface area (Å²) in [7, 11) is 1.70. The van der Waals surface area contributed by atoms with E-state index >= 15 is 0 Å². The SMILES string of the molecule is CC(C)N(Cc1ccccc1)C(=O)CC(=O)N(C)c1ccccc1. The van der Waals surface area contributed by atoms with E-state index in [0.717, 1.165) is 11.3 Å². The van der Waals surface area contributed by atoms with E-state index in [-0.39, 0.29) is 24.3 Å². The number of rotatable bonds is 6. The zero-order chi connectivity index (χ0) is 17.5. The van der Waals surface area contributed by atoms with Crippen LogP contribution in [0.15, 0.2) is 60.7 Å². The third kappa shape index (κ3) is 4.69. The minimum atomic E-state index is -0.204. The van der Waals surface area contributed by atoms with Gasteiger partial charge in [0.2, 0.25) is 11.8 Å². The van der Waals surface area contributed by atoms with Crippen LogP contribution in [0.1, 0.15) is 25.8 Å². The molecule has 2 amide bonds. The van der Waals surface area contributed by atoms with Gasteiger partial charge in [0.15, 0.2) is 0 Å². The topological polar surface area (TPSA) is 40.6 Å². The Bertz CT molecular complexity index is 669. The molecule has 0 aromatic heterocycles. The Balaban J connectivity index is 2.03. The minimum absolute atomic E-state index is 0.0348. The summed E-state index contributed by atoms with van der Waals surface area (Å²) in [5.41, 5.74) is 1.85. The van der Waals surface area contributed by atoms with Gasteiger partial charge in [-0.2, -0.15) is 0 Å². The molecule has 0 aliphatic carbocycles. The van der Waals surface area contributed by atoms with Crippen molar-refractivity contribution in [1.29, 1.82) is 0 Å². The van der Waals surface area contributed by atoms with Crippen molar-refractivity contribution in [1.82, 2.24) is 4.90 Å². The molecule has 0 spiro atoms. The molecule has 0 saturated heterocycles. The highest BCUT2D eigenvalue weighted by Gasteiger charge is 2.22. The standard InChI is InChI=1S/C20H24N2O2/c1-16(2)22(15-17-10-6-4-7-11-17)20(24)14-19(23)21(3)18-12-8-5-9-13-18/h4-13,16H,14-15H2,1-3H3. The number of para-hydroxylation sites is 1. The van der Waals surface area contributed by atoms with Crippen molar-refractivity contribution < 1.29 is 9.59 Å². The second-order valence-corrected chi connectivity index (χ2v) is 6.07. The molecule has 0 aliphatic rings. The lowest BCUT2D eigenvalue weighted by Gasteiger charge is -2.27. The molecule has 0 N–H and O–H groups in total. The summed E-state index contributed by atoms with van der Waals surface area (Å²) in [6.07, 6.45) is -0.129. The van der Waals surface area contributed by atoms with Gasteiger partial charge in [0.25, 0.3) is 0 Å². The molecule has 2 rings (SSSR count). The Kier molecular flexibility index (Phi) is 6.13. The molecule has 0 heterocycles.